The van der Waals surface area contributed by atoms with E-state index in [0.717, 1.165) is 18.4 Å². The van der Waals surface area contributed by atoms with Gasteiger partial charge in [0.15, 0.2) is 0 Å². The van der Waals surface area contributed by atoms with Crippen LogP contribution in [0.1, 0.15) is 25.3 Å². The number of halogens is 1. The molecule has 1 fully saturated rings. The summed E-state index contributed by atoms with van der Waals surface area (Å²) in [6, 6.07) is 4.24. The van der Waals surface area contributed by atoms with Crippen LogP contribution in [0.2, 0.25) is 0 Å². The molecule has 1 aliphatic rings. The molecule has 0 saturated heterocycles. The van der Waals surface area contributed by atoms with Crippen molar-refractivity contribution in [2.75, 3.05) is 6.54 Å². The van der Waals surface area contributed by atoms with E-state index >= 15 is 0 Å². The van der Waals surface area contributed by atoms with E-state index in [1.54, 1.807) is 19.9 Å². The van der Waals surface area contributed by atoms with Crippen LogP contribution in [0.4, 0.5) is 4.39 Å². The van der Waals surface area contributed by atoms with Crippen molar-refractivity contribution in [3.63, 3.8) is 0 Å². The molecule has 0 N–H and O–H groups in total. The average molecular weight is 257 g/mol. The highest BCUT2D eigenvalue weighted by Crippen LogP contribution is 2.32. The van der Waals surface area contributed by atoms with E-state index in [1.807, 2.05) is 0 Å². The highest BCUT2D eigenvalue weighted by Gasteiger charge is 2.38. The highest BCUT2D eigenvalue weighted by atomic mass is 32.2. The molecule has 3 nitrogen and oxygen atoms in total. The minimum atomic E-state index is -3.68. The average Bonchev–Trinajstić information content (AvgIpc) is 3.06. The second kappa shape index (κ2) is 4.38. The van der Waals surface area contributed by atoms with Crippen LogP contribution in [0.25, 0.3) is 0 Å². The van der Waals surface area contributed by atoms with E-state index in [2.05, 4.69) is 0 Å². The molecule has 0 heterocycles. The van der Waals surface area contributed by atoms with Crippen LogP contribution in [-0.4, -0.2) is 25.3 Å². The first kappa shape index (κ1) is 12.5. The maximum absolute atomic E-state index is 13.6. The second-order valence-corrected chi connectivity index (χ2v) is 6.23. The number of rotatable bonds is 4. The van der Waals surface area contributed by atoms with Crippen molar-refractivity contribution in [3.8, 4) is 0 Å². The Morgan fingerprint density at radius 3 is 2.59 bits per heavy atom. The molecule has 1 aromatic carbocycles. The lowest BCUT2D eigenvalue weighted by atomic mass is 10.2. The van der Waals surface area contributed by atoms with Crippen molar-refractivity contribution in [1.29, 1.82) is 0 Å². The smallest absolute Gasteiger partial charge is 0.207 e. The number of aryl methyl sites for hydroxylation is 1. The Hall–Kier alpha value is -0.940. The molecule has 0 aromatic heterocycles. The molecule has 0 aliphatic heterocycles. The molecule has 1 aliphatic carbocycles. The summed E-state index contributed by atoms with van der Waals surface area (Å²) < 4.78 is 39.6. The van der Waals surface area contributed by atoms with Crippen LogP contribution in [0.5, 0.6) is 0 Å². The quantitative estimate of drug-likeness (QED) is 0.830. The van der Waals surface area contributed by atoms with E-state index in [0.29, 0.717) is 6.54 Å². The Balaban J connectivity index is 2.46. The Morgan fingerprint density at radius 2 is 2.06 bits per heavy atom. The lowest BCUT2D eigenvalue weighted by molar-refractivity contribution is 0.417. The van der Waals surface area contributed by atoms with Crippen LogP contribution >= 0.6 is 0 Å². The fourth-order valence-corrected chi connectivity index (χ4v) is 3.77. The maximum Gasteiger partial charge on any atom is 0.246 e. The van der Waals surface area contributed by atoms with Crippen LogP contribution < -0.4 is 0 Å². The molecule has 94 valence electrons. The summed E-state index contributed by atoms with van der Waals surface area (Å²) in [7, 11) is -3.68. The number of hydrogen-bond acceptors (Lipinski definition) is 2. The summed E-state index contributed by atoms with van der Waals surface area (Å²) in [5, 5.41) is 0. The number of benzene rings is 1. The van der Waals surface area contributed by atoms with Gasteiger partial charge in [-0.2, -0.15) is 4.31 Å². The van der Waals surface area contributed by atoms with Gasteiger partial charge in [-0.15, -0.1) is 0 Å². The minimum absolute atomic E-state index is 0.0601. The van der Waals surface area contributed by atoms with Gasteiger partial charge >= 0.3 is 0 Å². The van der Waals surface area contributed by atoms with E-state index < -0.39 is 15.8 Å². The van der Waals surface area contributed by atoms with Gasteiger partial charge in [-0.1, -0.05) is 13.0 Å². The van der Waals surface area contributed by atoms with E-state index in [4.69, 9.17) is 0 Å². The van der Waals surface area contributed by atoms with E-state index in [-0.39, 0.29) is 10.9 Å². The predicted molar refractivity (Wildman–Crippen MR) is 63.7 cm³/mol. The minimum Gasteiger partial charge on any atom is -0.207 e. The largest absolute Gasteiger partial charge is 0.246 e. The van der Waals surface area contributed by atoms with Gasteiger partial charge in [0.25, 0.3) is 0 Å². The first-order chi connectivity index (χ1) is 7.96. The summed E-state index contributed by atoms with van der Waals surface area (Å²) in [5.74, 6) is -0.672. The molecule has 0 radical (unpaired) electrons. The molecular formula is C12H16FNO2S. The van der Waals surface area contributed by atoms with Gasteiger partial charge in [0.1, 0.15) is 10.7 Å². The summed E-state index contributed by atoms with van der Waals surface area (Å²) in [5.41, 5.74) is 0.747. The van der Waals surface area contributed by atoms with Crippen molar-refractivity contribution in [2.24, 2.45) is 0 Å². The third kappa shape index (κ3) is 2.35. The summed E-state index contributed by atoms with van der Waals surface area (Å²) in [4.78, 5) is -0.203. The third-order valence-corrected chi connectivity index (χ3v) is 4.98. The van der Waals surface area contributed by atoms with Crippen molar-refractivity contribution in [3.05, 3.63) is 29.6 Å². The van der Waals surface area contributed by atoms with Gasteiger partial charge in [0.05, 0.1) is 0 Å². The van der Waals surface area contributed by atoms with Gasteiger partial charge in [-0.3, -0.25) is 0 Å². The molecular weight excluding hydrogens is 241 g/mol. The van der Waals surface area contributed by atoms with E-state index in [1.165, 1.54) is 16.4 Å². The number of sulfonamides is 1. The monoisotopic (exact) mass is 257 g/mol. The molecule has 2 rings (SSSR count). The van der Waals surface area contributed by atoms with Gasteiger partial charge in [-0.25, -0.2) is 12.8 Å². The molecule has 0 bridgehead atoms. The second-order valence-electron chi connectivity index (χ2n) is 4.37. The molecule has 0 unspecified atom stereocenters. The first-order valence-electron chi connectivity index (χ1n) is 5.75. The molecule has 1 aromatic rings. The van der Waals surface area contributed by atoms with Crippen LogP contribution in [-0.2, 0) is 10.0 Å². The molecule has 0 spiro atoms. The first-order valence-corrected chi connectivity index (χ1v) is 7.19. The summed E-state index contributed by atoms with van der Waals surface area (Å²) >= 11 is 0. The third-order valence-electron chi connectivity index (χ3n) is 2.94. The Labute approximate surface area is 101 Å². The van der Waals surface area contributed by atoms with Crippen LogP contribution in [0.15, 0.2) is 23.1 Å². The molecule has 5 heteroatoms. The molecule has 17 heavy (non-hydrogen) atoms. The summed E-state index contributed by atoms with van der Waals surface area (Å²) in [6.45, 7) is 3.93. The fourth-order valence-electron chi connectivity index (χ4n) is 1.92. The SMILES string of the molecule is CCN(C1CC1)S(=O)(=O)c1cc(C)ccc1F. The zero-order valence-corrected chi connectivity index (χ0v) is 10.8. The number of hydrogen-bond donors (Lipinski definition) is 0. The molecule has 1 saturated carbocycles. The van der Waals surface area contributed by atoms with Crippen LogP contribution in [0, 0.1) is 12.7 Å². The lowest BCUT2D eigenvalue weighted by Gasteiger charge is -2.20. The topological polar surface area (TPSA) is 37.4 Å². The highest BCUT2D eigenvalue weighted by molar-refractivity contribution is 7.89. The Bertz CT molecular complexity index is 523. The van der Waals surface area contributed by atoms with Gasteiger partial charge < -0.3 is 0 Å². The Kier molecular flexibility index (Phi) is 3.23. The van der Waals surface area contributed by atoms with Gasteiger partial charge in [0.2, 0.25) is 10.0 Å². The van der Waals surface area contributed by atoms with Gasteiger partial charge in [0, 0.05) is 12.6 Å². The standard InChI is InChI=1S/C12H16FNO2S/c1-3-14(10-5-6-10)17(15,16)12-8-9(2)4-7-11(12)13/h4,7-8,10H,3,5-6H2,1-2H3. The fraction of sp³-hybridized carbons (Fsp3) is 0.500. The predicted octanol–water partition coefficient (Wildman–Crippen LogP) is 2.31. The number of nitrogens with zero attached hydrogens (tertiary/aromatic N) is 1. The zero-order chi connectivity index (χ0) is 12.6. The normalized spacial score (nSPS) is 16.5. The lowest BCUT2D eigenvalue weighted by Crippen LogP contribution is -2.33. The maximum atomic E-state index is 13.6. The van der Waals surface area contributed by atoms with Crippen molar-refractivity contribution in [1.82, 2.24) is 4.31 Å². The zero-order valence-electron chi connectivity index (χ0n) is 9.98. The Morgan fingerprint density at radius 1 is 1.41 bits per heavy atom. The molecule has 0 amide bonds. The van der Waals surface area contributed by atoms with Crippen molar-refractivity contribution < 1.29 is 12.8 Å². The summed E-state index contributed by atoms with van der Waals surface area (Å²) in [6.07, 6.45) is 1.75. The van der Waals surface area contributed by atoms with Crippen molar-refractivity contribution in [2.45, 2.75) is 37.6 Å². The van der Waals surface area contributed by atoms with Crippen molar-refractivity contribution >= 4 is 10.0 Å². The molecule has 0 atom stereocenters. The van der Waals surface area contributed by atoms with Crippen LogP contribution in [0.3, 0.4) is 0 Å². The van der Waals surface area contributed by atoms with E-state index in [9.17, 15) is 12.8 Å². The van der Waals surface area contributed by atoms with Gasteiger partial charge in [-0.05, 0) is 37.5 Å².